The zero-order chi connectivity index (χ0) is 21.2. The summed E-state index contributed by atoms with van der Waals surface area (Å²) in [6.45, 7) is 3.65. The molecule has 0 aliphatic heterocycles. The summed E-state index contributed by atoms with van der Waals surface area (Å²) in [7, 11) is 9.21. The summed E-state index contributed by atoms with van der Waals surface area (Å²) in [5.41, 5.74) is 1.14. The minimum atomic E-state index is 0. The second kappa shape index (κ2) is 13.7. The lowest BCUT2D eigenvalue weighted by Crippen LogP contribution is -2.42. The fourth-order valence-corrected chi connectivity index (χ4v) is 3.85. The summed E-state index contributed by atoms with van der Waals surface area (Å²) < 4.78 is 10.8. The Bertz CT molecular complexity index is 797. The molecule has 0 aliphatic carbocycles. The van der Waals surface area contributed by atoms with E-state index in [9.17, 15) is 0 Å². The van der Waals surface area contributed by atoms with Gasteiger partial charge in [0.15, 0.2) is 17.5 Å². The Balaban J connectivity index is 0.00000450. The van der Waals surface area contributed by atoms with Crippen molar-refractivity contribution in [2.24, 2.45) is 4.99 Å². The highest BCUT2D eigenvalue weighted by Gasteiger charge is 2.17. The van der Waals surface area contributed by atoms with E-state index in [0.717, 1.165) is 47.4 Å². The van der Waals surface area contributed by atoms with Crippen LogP contribution in [0, 0.1) is 0 Å². The Labute approximate surface area is 201 Å². The van der Waals surface area contributed by atoms with Gasteiger partial charge < -0.3 is 25.0 Å². The summed E-state index contributed by atoms with van der Waals surface area (Å²) >= 11 is 1.78. The second-order valence-electron chi connectivity index (χ2n) is 6.80. The van der Waals surface area contributed by atoms with Crippen molar-refractivity contribution in [1.82, 2.24) is 20.5 Å². The molecule has 0 fully saturated rings. The average Bonchev–Trinajstić information content (AvgIpc) is 3.20. The summed E-state index contributed by atoms with van der Waals surface area (Å²) in [4.78, 5) is 12.3. The average molecular weight is 548 g/mol. The standard InChI is InChI=1S/C21H33N5O2S.HI/c1-7-16-13-24-20(29-16)10-11-23-21(22-2)25-14-17(26(3)4)15-8-9-18(27-5)19(12-15)28-6;/h8-9,12-13,17H,7,10-11,14H2,1-6H3,(H2,22,23,25);1H. The molecule has 2 N–H and O–H groups in total. The van der Waals surface area contributed by atoms with Crippen LogP contribution >= 0.6 is 35.3 Å². The van der Waals surface area contributed by atoms with E-state index in [1.807, 2.05) is 18.3 Å². The SMILES string of the molecule is CCc1cnc(CCNC(=NC)NCC(c2ccc(OC)c(OC)c2)N(C)C)s1.I. The molecule has 1 atom stereocenters. The van der Waals surface area contributed by atoms with E-state index in [4.69, 9.17) is 9.47 Å². The van der Waals surface area contributed by atoms with E-state index >= 15 is 0 Å². The molecule has 0 saturated carbocycles. The lowest BCUT2D eigenvalue weighted by atomic mass is 10.1. The number of aryl methyl sites for hydroxylation is 1. The number of thiazole rings is 1. The van der Waals surface area contributed by atoms with Gasteiger partial charge in [0.1, 0.15) is 0 Å². The van der Waals surface area contributed by atoms with Gasteiger partial charge in [0.05, 0.1) is 25.3 Å². The lowest BCUT2D eigenvalue weighted by Gasteiger charge is -2.26. The molecule has 0 radical (unpaired) electrons. The summed E-state index contributed by atoms with van der Waals surface area (Å²) in [6.07, 6.45) is 3.90. The van der Waals surface area contributed by atoms with Gasteiger partial charge in [0.2, 0.25) is 0 Å². The minimum Gasteiger partial charge on any atom is -0.493 e. The predicted molar refractivity (Wildman–Crippen MR) is 136 cm³/mol. The summed E-state index contributed by atoms with van der Waals surface area (Å²) in [6, 6.07) is 6.18. The van der Waals surface area contributed by atoms with Crippen LogP contribution < -0.4 is 20.1 Å². The van der Waals surface area contributed by atoms with E-state index in [1.165, 1.54) is 4.88 Å². The first-order valence-corrected chi connectivity index (χ1v) is 10.6. The van der Waals surface area contributed by atoms with E-state index in [-0.39, 0.29) is 30.0 Å². The highest BCUT2D eigenvalue weighted by atomic mass is 127. The van der Waals surface area contributed by atoms with Crippen molar-refractivity contribution in [2.45, 2.75) is 25.8 Å². The molecule has 1 aromatic heterocycles. The molecule has 0 amide bonds. The van der Waals surface area contributed by atoms with Crippen molar-refractivity contribution in [3.63, 3.8) is 0 Å². The number of hydrogen-bond acceptors (Lipinski definition) is 6. The first-order valence-electron chi connectivity index (χ1n) is 9.78. The van der Waals surface area contributed by atoms with E-state index < -0.39 is 0 Å². The molecule has 168 valence electrons. The molecule has 1 unspecified atom stereocenters. The van der Waals surface area contributed by atoms with Gasteiger partial charge in [0, 0.05) is 37.6 Å². The van der Waals surface area contributed by atoms with Gasteiger partial charge in [-0.15, -0.1) is 35.3 Å². The Hall–Kier alpha value is -1.59. The van der Waals surface area contributed by atoms with Crippen LogP contribution in [0.3, 0.4) is 0 Å². The van der Waals surface area contributed by atoms with Crippen molar-refractivity contribution in [3.8, 4) is 11.5 Å². The van der Waals surface area contributed by atoms with Gasteiger partial charge in [-0.1, -0.05) is 13.0 Å². The molecule has 2 aromatic rings. The van der Waals surface area contributed by atoms with Crippen LogP contribution in [0.15, 0.2) is 29.4 Å². The van der Waals surface area contributed by atoms with Gasteiger partial charge in [-0.25, -0.2) is 4.98 Å². The zero-order valence-corrected chi connectivity index (χ0v) is 21.8. The molecule has 0 saturated heterocycles. The van der Waals surface area contributed by atoms with Gasteiger partial charge in [0.25, 0.3) is 0 Å². The van der Waals surface area contributed by atoms with Gasteiger partial charge in [-0.2, -0.15) is 0 Å². The molecular weight excluding hydrogens is 513 g/mol. The van der Waals surface area contributed by atoms with Gasteiger partial charge in [-0.05, 0) is 38.2 Å². The van der Waals surface area contributed by atoms with E-state index in [1.54, 1.807) is 32.6 Å². The first kappa shape index (κ1) is 26.4. The minimum absolute atomic E-state index is 0. The Kier molecular flexibility index (Phi) is 12.0. The van der Waals surface area contributed by atoms with Crippen molar-refractivity contribution < 1.29 is 9.47 Å². The number of ether oxygens (including phenoxy) is 2. The van der Waals surface area contributed by atoms with Crippen molar-refractivity contribution in [2.75, 3.05) is 48.5 Å². The number of aromatic nitrogens is 1. The van der Waals surface area contributed by atoms with Crippen LogP contribution in [0.2, 0.25) is 0 Å². The Morgan fingerprint density at radius 3 is 2.50 bits per heavy atom. The van der Waals surface area contributed by atoms with Crippen LogP contribution in [-0.4, -0.2) is 64.3 Å². The van der Waals surface area contributed by atoms with Crippen molar-refractivity contribution >= 4 is 41.3 Å². The van der Waals surface area contributed by atoms with Crippen LogP contribution in [-0.2, 0) is 12.8 Å². The number of nitrogens with zero attached hydrogens (tertiary/aromatic N) is 3. The number of nitrogens with one attached hydrogen (secondary N) is 2. The second-order valence-corrected chi connectivity index (χ2v) is 8.00. The highest BCUT2D eigenvalue weighted by molar-refractivity contribution is 14.0. The molecule has 0 bridgehead atoms. The van der Waals surface area contributed by atoms with E-state index in [2.05, 4.69) is 52.6 Å². The molecule has 30 heavy (non-hydrogen) atoms. The van der Waals surface area contributed by atoms with Crippen LogP contribution in [0.4, 0.5) is 0 Å². The smallest absolute Gasteiger partial charge is 0.191 e. The molecule has 7 nitrogen and oxygen atoms in total. The molecule has 0 spiro atoms. The third kappa shape index (κ3) is 7.59. The maximum Gasteiger partial charge on any atom is 0.191 e. The normalized spacial score (nSPS) is 12.3. The van der Waals surface area contributed by atoms with Crippen LogP contribution in [0.5, 0.6) is 11.5 Å². The maximum atomic E-state index is 5.45. The predicted octanol–water partition coefficient (Wildman–Crippen LogP) is 3.35. The third-order valence-electron chi connectivity index (χ3n) is 4.68. The number of rotatable bonds is 10. The molecule has 1 heterocycles. The number of aliphatic imine (C=N–C) groups is 1. The molecule has 0 aliphatic rings. The maximum absolute atomic E-state index is 5.45. The lowest BCUT2D eigenvalue weighted by molar-refractivity contribution is 0.295. The number of halogens is 1. The highest BCUT2D eigenvalue weighted by Crippen LogP contribution is 2.31. The molecule has 9 heteroatoms. The molecular formula is C21H34IN5O2S. The monoisotopic (exact) mass is 547 g/mol. The number of benzene rings is 1. The van der Waals surface area contributed by atoms with Crippen LogP contribution in [0.25, 0.3) is 0 Å². The molecule has 2 rings (SSSR count). The molecule has 1 aromatic carbocycles. The fourth-order valence-electron chi connectivity index (χ4n) is 2.99. The largest absolute Gasteiger partial charge is 0.493 e. The Morgan fingerprint density at radius 2 is 1.93 bits per heavy atom. The van der Waals surface area contributed by atoms with Crippen molar-refractivity contribution in [3.05, 3.63) is 39.8 Å². The number of methoxy groups -OCH3 is 2. The Morgan fingerprint density at radius 1 is 1.20 bits per heavy atom. The van der Waals surface area contributed by atoms with E-state index in [0.29, 0.717) is 6.54 Å². The number of guanidine groups is 1. The summed E-state index contributed by atoms with van der Waals surface area (Å²) in [5.74, 6) is 2.24. The van der Waals surface area contributed by atoms with Gasteiger partial charge >= 0.3 is 0 Å². The van der Waals surface area contributed by atoms with Crippen LogP contribution in [0.1, 0.15) is 28.4 Å². The summed E-state index contributed by atoms with van der Waals surface area (Å²) in [5, 5.41) is 7.95. The quantitative estimate of drug-likeness (QED) is 0.270. The third-order valence-corrected chi connectivity index (χ3v) is 5.88. The first-order chi connectivity index (χ1) is 14.0. The number of hydrogen-bond donors (Lipinski definition) is 2. The fraction of sp³-hybridized carbons (Fsp3) is 0.524. The topological polar surface area (TPSA) is 71.0 Å². The van der Waals surface area contributed by atoms with Gasteiger partial charge in [-0.3, -0.25) is 4.99 Å². The zero-order valence-electron chi connectivity index (χ0n) is 18.7. The number of likely N-dealkylation sites (N-methyl/N-ethyl adjacent to an activating group) is 1. The van der Waals surface area contributed by atoms with Crippen molar-refractivity contribution in [1.29, 1.82) is 0 Å².